The van der Waals surface area contributed by atoms with Crippen LogP contribution in [0.2, 0.25) is 0 Å². The number of aliphatic hydroxyl groups excluding tert-OH is 1. The van der Waals surface area contributed by atoms with E-state index in [2.05, 4.69) is 5.32 Å². The first-order valence-electron chi connectivity index (χ1n) is 6.39. The number of carbonyl (C=O) groups excluding carboxylic acids is 1. The summed E-state index contributed by atoms with van der Waals surface area (Å²) in [5.74, 6) is -0.0712. The third-order valence-corrected chi connectivity index (χ3v) is 3.44. The summed E-state index contributed by atoms with van der Waals surface area (Å²) < 4.78 is 17.9. The van der Waals surface area contributed by atoms with Crippen LogP contribution in [0.5, 0.6) is 5.75 Å². The van der Waals surface area contributed by atoms with E-state index in [9.17, 15) is 9.18 Å². The quantitative estimate of drug-likeness (QED) is 0.786. The zero-order valence-corrected chi connectivity index (χ0v) is 10.7. The smallest absolute Gasteiger partial charge is 0.257 e. The summed E-state index contributed by atoms with van der Waals surface area (Å²) in [4.78, 5) is 11.6. The van der Waals surface area contributed by atoms with Gasteiger partial charge in [0.1, 0.15) is 11.6 Å². The van der Waals surface area contributed by atoms with E-state index in [1.807, 2.05) is 0 Å². The summed E-state index contributed by atoms with van der Waals surface area (Å²) in [7, 11) is 0. The molecule has 5 heteroatoms. The van der Waals surface area contributed by atoms with Crippen molar-refractivity contribution in [3.63, 3.8) is 0 Å². The van der Waals surface area contributed by atoms with Crippen LogP contribution < -0.4 is 10.1 Å². The van der Waals surface area contributed by atoms with Crippen molar-refractivity contribution in [2.75, 3.05) is 19.8 Å². The van der Waals surface area contributed by atoms with E-state index in [1.165, 1.54) is 24.3 Å². The van der Waals surface area contributed by atoms with E-state index in [1.54, 1.807) is 0 Å². The fourth-order valence-electron chi connectivity index (χ4n) is 1.95. The first-order chi connectivity index (χ1) is 9.13. The minimum atomic E-state index is -0.337. The largest absolute Gasteiger partial charge is 0.484 e. The fraction of sp³-hybridized carbons (Fsp3) is 0.500. The van der Waals surface area contributed by atoms with Crippen molar-refractivity contribution in [1.29, 1.82) is 0 Å². The van der Waals surface area contributed by atoms with Gasteiger partial charge < -0.3 is 15.2 Å². The van der Waals surface area contributed by atoms with Crippen LogP contribution in [0, 0.1) is 11.2 Å². The Kier molecular flexibility index (Phi) is 4.37. The van der Waals surface area contributed by atoms with Crippen molar-refractivity contribution in [2.45, 2.75) is 19.3 Å². The minimum absolute atomic E-state index is 0.0825. The van der Waals surface area contributed by atoms with E-state index < -0.39 is 0 Å². The number of aliphatic hydroxyl groups is 1. The molecule has 0 spiro atoms. The molecule has 1 aromatic rings. The molecule has 0 radical (unpaired) electrons. The highest BCUT2D eigenvalue weighted by atomic mass is 19.1. The second-order valence-corrected chi connectivity index (χ2v) is 4.99. The van der Waals surface area contributed by atoms with E-state index in [0.717, 1.165) is 19.3 Å². The van der Waals surface area contributed by atoms with Gasteiger partial charge in [0.15, 0.2) is 6.61 Å². The van der Waals surface area contributed by atoms with Crippen LogP contribution >= 0.6 is 0 Å². The Labute approximate surface area is 111 Å². The second-order valence-electron chi connectivity index (χ2n) is 4.99. The summed E-state index contributed by atoms with van der Waals surface area (Å²) in [5.41, 5.74) is 0.0975. The van der Waals surface area contributed by atoms with Crippen molar-refractivity contribution in [1.82, 2.24) is 5.32 Å². The average Bonchev–Trinajstić information content (AvgIpc) is 3.17. The number of amides is 1. The summed E-state index contributed by atoms with van der Waals surface area (Å²) in [5, 5.41) is 11.7. The van der Waals surface area contributed by atoms with Crippen LogP contribution in [0.25, 0.3) is 0 Å². The zero-order chi connectivity index (χ0) is 13.7. The number of hydrogen-bond donors (Lipinski definition) is 2. The van der Waals surface area contributed by atoms with E-state index in [0.29, 0.717) is 12.3 Å². The molecule has 0 heterocycles. The third kappa shape index (κ3) is 4.21. The third-order valence-electron chi connectivity index (χ3n) is 3.44. The van der Waals surface area contributed by atoms with Crippen LogP contribution in [-0.4, -0.2) is 30.8 Å². The highest BCUT2D eigenvalue weighted by molar-refractivity contribution is 5.77. The Morgan fingerprint density at radius 1 is 1.37 bits per heavy atom. The van der Waals surface area contributed by atoms with Crippen molar-refractivity contribution in [2.24, 2.45) is 5.41 Å². The Bertz CT molecular complexity index is 429. The monoisotopic (exact) mass is 267 g/mol. The Balaban J connectivity index is 1.69. The van der Waals surface area contributed by atoms with Gasteiger partial charge in [-0.2, -0.15) is 0 Å². The highest BCUT2D eigenvalue weighted by Crippen LogP contribution is 2.47. The summed E-state index contributed by atoms with van der Waals surface area (Å²) in [6, 6.07) is 5.54. The first kappa shape index (κ1) is 13.8. The molecule has 0 atom stereocenters. The van der Waals surface area contributed by atoms with Gasteiger partial charge in [-0.25, -0.2) is 4.39 Å². The standard InChI is InChI=1S/C14H18FNO3/c15-11-1-3-12(4-2-11)19-9-13(18)16-10-14(5-6-14)7-8-17/h1-4,17H,5-10H2,(H,16,18). The summed E-state index contributed by atoms with van der Waals surface area (Å²) in [6.07, 6.45) is 2.82. The van der Waals surface area contributed by atoms with Gasteiger partial charge >= 0.3 is 0 Å². The lowest BCUT2D eigenvalue weighted by atomic mass is 10.0. The molecule has 1 saturated carbocycles. The molecular weight excluding hydrogens is 249 g/mol. The normalized spacial score (nSPS) is 15.9. The van der Waals surface area contributed by atoms with Crippen LogP contribution in [0.15, 0.2) is 24.3 Å². The topological polar surface area (TPSA) is 58.6 Å². The number of nitrogens with one attached hydrogen (secondary N) is 1. The highest BCUT2D eigenvalue weighted by Gasteiger charge is 2.41. The van der Waals surface area contributed by atoms with Gasteiger partial charge in [0.2, 0.25) is 0 Å². The minimum Gasteiger partial charge on any atom is -0.484 e. The zero-order valence-electron chi connectivity index (χ0n) is 10.7. The molecule has 19 heavy (non-hydrogen) atoms. The molecular formula is C14H18FNO3. The molecule has 2 rings (SSSR count). The molecule has 1 aromatic carbocycles. The lowest BCUT2D eigenvalue weighted by Gasteiger charge is -2.14. The first-order valence-corrected chi connectivity index (χ1v) is 6.39. The van der Waals surface area contributed by atoms with Gasteiger partial charge in [-0.15, -0.1) is 0 Å². The number of halogens is 1. The molecule has 4 nitrogen and oxygen atoms in total. The molecule has 2 N–H and O–H groups in total. The molecule has 0 saturated heterocycles. The van der Waals surface area contributed by atoms with Crippen LogP contribution in [-0.2, 0) is 4.79 Å². The molecule has 1 aliphatic rings. The Morgan fingerprint density at radius 3 is 2.63 bits per heavy atom. The van der Waals surface area contributed by atoms with Crippen LogP contribution in [0.3, 0.4) is 0 Å². The van der Waals surface area contributed by atoms with Gasteiger partial charge in [0, 0.05) is 13.2 Å². The van der Waals surface area contributed by atoms with Crippen LogP contribution in [0.1, 0.15) is 19.3 Å². The van der Waals surface area contributed by atoms with Crippen molar-refractivity contribution in [3.05, 3.63) is 30.1 Å². The molecule has 1 amide bonds. The van der Waals surface area contributed by atoms with Gasteiger partial charge in [0.05, 0.1) is 0 Å². The van der Waals surface area contributed by atoms with Gasteiger partial charge in [-0.3, -0.25) is 4.79 Å². The maximum atomic E-state index is 12.7. The van der Waals surface area contributed by atoms with Crippen molar-refractivity contribution >= 4 is 5.91 Å². The number of hydrogen-bond acceptors (Lipinski definition) is 3. The maximum absolute atomic E-state index is 12.7. The van der Waals surface area contributed by atoms with Gasteiger partial charge in [-0.1, -0.05) is 0 Å². The lowest BCUT2D eigenvalue weighted by molar-refractivity contribution is -0.123. The number of benzene rings is 1. The lowest BCUT2D eigenvalue weighted by Crippen LogP contribution is -2.34. The Hall–Kier alpha value is -1.62. The number of carbonyl (C=O) groups is 1. The second kappa shape index (κ2) is 6.02. The summed E-state index contributed by atoms with van der Waals surface area (Å²) >= 11 is 0. The molecule has 0 aliphatic heterocycles. The molecule has 0 unspecified atom stereocenters. The molecule has 0 bridgehead atoms. The Morgan fingerprint density at radius 2 is 2.05 bits per heavy atom. The van der Waals surface area contributed by atoms with E-state index in [4.69, 9.17) is 9.84 Å². The van der Waals surface area contributed by atoms with Gasteiger partial charge in [-0.05, 0) is 48.9 Å². The predicted molar refractivity (Wildman–Crippen MR) is 68.3 cm³/mol. The van der Waals surface area contributed by atoms with Crippen molar-refractivity contribution < 1.29 is 19.0 Å². The van der Waals surface area contributed by atoms with E-state index in [-0.39, 0.29) is 30.4 Å². The molecule has 0 aromatic heterocycles. The fourth-order valence-corrected chi connectivity index (χ4v) is 1.95. The van der Waals surface area contributed by atoms with Crippen molar-refractivity contribution in [3.8, 4) is 5.75 Å². The van der Waals surface area contributed by atoms with E-state index >= 15 is 0 Å². The van der Waals surface area contributed by atoms with Gasteiger partial charge in [0.25, 0.3) is 5.91 Å². The average molecular weight is 267 g/mol. The molecule has 104 valence electrons. The molecule has 1 aliphatic carbocycles. The SMILES string of the molecule is O=C(COc1ccc(F)cc1)NCC1(CCO)CC1. The maximum Gasteiger partial charge on any atom is 0.257 e. The number of rotatable bonds is 7. The predicted octanol–water partition coefficient (Wildman–Crippen LogP) is 1.48. The molecule has 1 fully saturated rings. The number of ether oxygens (including phenoxy) is 1. The summed E-state index contributed by atoms with van der Waals surface area (Å²) in [6.45, 7) is 0.655. The van der Waals surface area contributed by atoms with Crippen LogP contribution in [0.4, 0.5) is 4.39 Å².